The van der Waals surface area contributed by atoms with E-state index < -0.39 is 0 Å². The summed E-state index contributed by atoms with van der Waals surface area (Å²) in [7, 11) is 2.03. The van der Waals surface area contributed by atoms with E-state index in [4.69, 9.17) is 19.7 Å². The molecule has 8 heteroatoms. The Labute approximate surface area is 185 Å². The quantitative estimate of drug-likeness (QED) is 0.480. The fraction of sp³-hybridized carbons (Fsp3) is 0.250. The van der Waals surface area contributed by atoms with Gasteiger partial charge in [-0.2, -0.15) is 5.26 Å². The van der Waals surface area contributed by atoms with Crippen LogP contribution in [-0.4, -0.2) is 32.7 Å². The van der Waals surface area contributed by atoms with Gasteiger partial charge in [-0.3, -0.25) is 0 Å². The molecule has 2 aromatic heterocycles. The Morgan fingerprint density at radius 2 is 1.88 bits per heavy atom. The van der Waals surface area contributed by atoms with Crippen LogP contribution >= 0.6 is 0 Å². The number of fused-ring (bicyclic) bond motifs is 1. The van der Waals surface area contributed by atoms with Gasteiger partial charge in [0.15, 0.2) is 0 Å². The van der Waals surface area contributed by atoms with Crippen molar-refractivity contribution in [1.82, 2.24) is 19.5 Å². The smallest absolute Gasteiger partial charge is 0.321 e. The predicted octanol–water partition coefficient (Wildman–Crippen LogP) is 3.83. The van der Waals surface area contributed by atoms with E-state index in [0.29, 0.717) is 23.8 Å². The molecule has 8 nitrogen and oxygen atoms in total. The second kappa shape index (κ2) is 8.65. The molecule has 1 N–H and O–H groups in total. The van der Waals surface area contributed by atoms with Gasteiger partial charge in [-0.25, -0.2) is 15.0 Å². The van der Waals surface area contributed by atoms with Gasteiger partial charge < -0.3 is 19.4 Å². The van der Waals surface area contributed by atoms with Crippen LogP contribution in [0.25, 0.3) is 11.0 Å². The molecule has 0 atom stereocenters. The second-order valence-electron chi connectivity index (χ2n) is 7.89. The molecule has 0 aliphatic carbocycles. The van der Waals surface area contributed by atoms with E-state index in [-0.39, 0.29) is 6.01 Å². The van der Waals surface area contributed by atoms with Crippen LogP contribution in [0.2, 0.25) is 0 Å². The minimum absolute atomic E-state index is 0.207. The van der Waals surface area contributed by atoms with Gasteiger partial charge in [-0.15, -0.1) is 0 Å². The molecule has 1 aliphatic rings. The summed E-state index contributed by atoms with van der Waals surface area (Å²) in [5.41, 5.74) is 4.91. The molecule has 0 radical (unpaired) electrons. The zero-order valence-corrected chi connectivity index (χ0v) is 17.7. The Hall–Kier alpha value is -3.96. The maximum absolute atomic E-state index is 8.81. The molecule has 0 bridgehead atoms. The summed E-state index contributed by atoms with van der Waals surface area (Å²) in [6.45, 7) is 2.36. The number of hydrogen-bond acceptors (Lipinski definition) is 7. The average Bonchev–Trinajstić information content (AvgIpc) is 3.11. The molecular formula is C24H22N6O2. The molecule has 5 rings (SSSR count). The molecule has 0 spiro atoms. The summed E-state index contributed by atoms with van der Waals surface area (Å²) in [6.07, 6.45) is 3.91. The Bertz CT molecular complexity index is 1270. The first-order chi connectivity index (χ1) is 15.7. The normalized spacial score (nSPS) is 13.5. The van der Waals surface area contributed by atoms with Crippen LogP contribution in [-0.2, 0) is 24.8 Å². The predicted molar refractivity (Wildman–Crippen MR) is 119 cm³/mol. The topological polar surface area (TPSA) is 97.9 Å². The third-order valence-electron chi connectivity index (χ3n) is 5.52. The third-order valence-corrected chi connectivity index (χ3v) is 5.52. The number of nitriles is 1. The number of anilines is 1. The monoisotopic (exact) mass is 426 g/mol. The zero-order chi connectivity index (χ0) is 21.9. The number of hydrogen-bond donors (Lipinski definition) is 1. The van der Waals surface area contributed by atoms with Gasteiger partial charge in [0, 0.05) is 19.5 Å². The van der Waals surface area contributed by atoms with Crippen LogP contribution in [0, 0.1) is 17.2 Å². The van der Waals surface area contributed by atoms with E-state index in [1.165, 1.54) is 18.0 Å². The lowest BCUT2D eigenvalue weighted by Gasteiger charge is -2.25. The Balaban J connectivity index is 1.22. The standard InChI is InChI=1S/C24H22N6O2/c1-30-22-9-17(8-18-14-31-15-18)4-7-21(22)29-23(30)26-11-16-2-5-20(6-3-16)32-24-27-12-19(10-25)13-28-24/h2-7,9,12-13,18H,8,11,14-15H2,1H3,(H,26,29). The number of aromatic nitrogens is 4. The molecule has 1 aliphatic heterocycles. The van der Waals surface area contributed by atoms with Crippen LogP contribution in [0.3, 0.4) is 0 Å². The number of rotatable bonds is 7. The maximum atomic E-state index is 8.81. The van der Waals surface area contributed by atoms with E-state index in [2.05, 4.69) is 38.1 Å². The van der Waals surface area contributed by atoms with Crippen molar-refractivity contribution in [3.8, 4) is 17.8 Å². The van der Waals surface area contributed by atoms with Gasteiger partial charge in [-0.05, 0) is 41.8 Å². The lowest BCUT2D eigenvalue weighted by atomic mass is 9.98. The SMILES string of the molecule is Cn1c(NCc2ccc(Oc3ncc(C#N)cn3)cc2)nc2ccc(CC3COC3)cc21. The maximum Gasteiger partial charge on any atom is 0.321 e. The largest absolute Gasteiger partial charge is 0.424 e. The summed E-state index contributed by atoms with van der Waals surface area (Å²) in [5.74, 6) is 2.09. The highest BCUT2D eigenvalue weighted by molar-refractivity contribution is 5.79. The van der Waals surface area contributed by atoms with Crippen molar-refractivity contribution in [1.29, 1.82) is 5.26 Å². The van der Waals surface area contributed by atoms with Gasteiger partial charge in [-0.1, -0.05) is 18.2 Å². The highest BCUT2D eigenvalue weighted by atomic mass is 16.5. The molecule has 32 heavy (non-hydrogen) atoms. The van der Waals surface area contributed by atoms with Crippen molar-refractivity contribution in [2.75, 3.05) is 18.5 Å². The first-order valence-corrected chi connectivity index (χ1v) is 10.4. The van der Waals surface area contributed by atoms with Crippen LogP contribution in [0.1, 0.15) is 16.7 Å². The highest BCUT2D eigenvalue weighted by Crippen LogP contribution is 2.24. The average molecular weight is 426 g/mol. The summed E-state index contributed by atoms with van der Waals surface area (Å²) in [6, 6.07) is 16.4. The van der Waals surface area contributed by atoms with Crippen LogP contribution in [0.15, 0.2) is 54.9 Å². The molecule has 160 valence electrons. The summed E-state index contributed by atoms with van der Waals surface area (Å²) >= 11 is 0. The summed E-state index contributed by atoms with van der Waals surface area (Å²) < 4.78 is 13.0. The lowest BCUT2D eigenvalue weighted by molar-refractivity contribution is -0.0312. The zero-order valence-electron chi connectivity index (χ0n) is 17.7. The van der Waals surface area contributed by atoms with E-state index in [1.54, 1.807) is 0 Å². The molecule has 3 heterocycles. The fourth-order valence-corrected chi connectivity index (χ4v) is 3.64. The van der Waals surface area contributed by atoms with Crippen LogP contribution in [0.5, 0.6) is 11.8 Å². The third kappa shape index (κ3) is 4.24. The molecule has 4 aromatic rings. The van der Waals surface area contributed by atoms with Gasteiger partial charge in [0.25, 0.3) is 0 Å². The number of imidazole rings is 1. The fourth-order valence-electron chi connectivity index (χ4n) is 3.64. The number of aryl methyl sites for hydroxylation is 1. The summed E-state index contributed by atoms with van der Waals surface area (Å²) in [5, 5.41) is 12.2. The number of nitrogens with zero attached hydrogens (tertiary/aromatic N) is 5. The van der Waals surface area contributed by atoms with Crippen molar-refractivity contribution in [3.05, 3.63) is 71.5 Å². The minimum Gasteiger partial charge on any atom is -0.424 e. The number of benzene rings is 2. The first-order valence-electron chi connectivity index (χ1n) is 10.4. The van der Waals surface area contributed by atoms with Crippen LogP contribution < -0.4 is 10.1 Å². The van der Waals surface area contributed by atoms with Crippen molar-refractivity contribution in [2.24, 2.45) is 13.0 Å². The van der Waals surface area contributed by atoms with E-state index in [1.807, 2.05) is 37.4 Å². The van der Waals surface area contributed by atoms with Crippen molar-refractivity contribution in [2.45, 2.75) is 13.0 Å². The van der Waals surface area contributed by atoms with Gasteiger partial charge >= 0.3 is 6.01 Å². The number of ether oxygens (including phenoxy) is 2. The Morgan fingerprint density at radius 1 is 1.12 bits per heavy atom. The van der Waals surface area contributed by atoms with Gasteiger partial charge in [0.05, 0.1) is 42.2 Å². The van der Waals surface area contributed by atoms with Crippen molar-refractivity contribution < 1.29 is 9.47 Å². The second-order valence-corrected chi connectivity index (χ2v) is 7.89. The van der Waals surface area contributed by atoms with E-state index in [0.717, 1.165) is 42.2 Å². The number of nitrogens with one attached hydrogen (secondary N) is 1. The van der Waals surface area contributed by atoms with Gasteiger partial charge in [0.2, 0.25) is 5.95 Å². The van der Waals surface area contributed by atoms with E-state index in [9.17, 15) is 0 Å². The highest BCUT2D eigenvalue weighted by Gasteiger charge is 2.19. The Morgan fingerprint density at radius 3 is 2.56 bits per heavy atom. The Kier molecular flexibility index (Phi) is 5.40. The molecule has 0 amide bonds. The molecule has 2 aromatic carbocycles. The molecule has 0 saturated carbocycles. The molecule has 1 saturated heterocycles. The molecular weight excluding hydrogens is 404 g/mol. The van der Waals surface area contributed by atoms with Gasteiger partial charge in [0.1, 0.15) is 11.8 Å². The molecule has 0 unspecified atom stereocenters. The lowest BCUT2D eigenvalue weighted by Crippen LogP contribution is -2.29. The van der Waals surface area contributed by atoms with Crippen molar-refractivity contribution in [3.63, 3.8) is 0 Å². The summed E-state index contributed by atoms with van der Waals surface area (Å²) in [4.78, 5) is 12.8. The molecule has 1 fully saturated rings. The van der Waals surface area contributed by atoms with E-state index >= 15 is 0 Å². The minimum atomic E-state index is 0.207. The van der Waals surface area contributed by atoms with Crippen LogP contribution in [0.4, 0.5) is 5.95 Å². The first kappa shape index (κ1) is 20.0. The van der Waals surface area contributed by atoms with Crippen molar-refractivity contribution >= 4 is 17.0 Å².